The van der Waals surface area contributed by atoms with Gasteiger partial charge in [-0.15, -0.1) is 0 Å². The fraction of sp³-hybridized carbons (Fsp3) is 0.569. The monoisotopic (exact) mass is 1060 g/mol. The van der Waals surface area contributed by atoms with Gasteiger partial charge in [-0.05, 0) is 37.7 Å². The first-order valence-corrected chi connectivity index (χ1v) is 28.5. The smallest absolute Gasteiger partial charge is 0.409 e. The zero-order valence-electron chi connectivity index (χ0n) is 45.1. The predicted octanol–water partition coefficient (Wildman–Crippen LogP) is 6.64. The fourth-order valence-electron chi connectivity index (χ4n) is 8.53. The molecule has 1 aliphatic rings. The summed E-state index contributed by atoms with van der Waals surface area (Å²) in [6, 6.07) is 37.9. The second-order valence-electron chi connectivity index (χ2n) is 18.6. The van der Waals surface area contributed by atoms with Crippen LogP contribution in [-0.4, -0.2) is 205 Å². The van der Waals surface area contributed by atoms with Crippen molar-refractivity contribution in [2.45, 2.75) is 31.7 Å². The normalized spacial score (nSPS) is 12.5. The minimum absolute atomic E-state index is 0.0329. The van der Waals surface area contributed by atoms with E-state index in [1.807, 2.05) is 24.3 Å². The highest BCUT2D eigenvalue weighted by Crippen LogP contribution is 2.44. The van der Waals surface area contributed by atoms with Gasteiger partial charge in [-0.3, -0.25) is 0 Å². The van der Waals surface area contributed by atoms with E-state index in [1.165, 1.54) is 37.5 Å². The van der Waals surface area contributed by atoms with Crippen LogP contribution in [-0.2, 0) is 66.0 Å². The minimum atomic E-state index is -2.55. The lowest BCUT2D eigenvalue weighted by Gasteiger charge is -2.43. The summed E-state index contributed by atoms with van der Waals surface area (Å²) in [5, 5.41) is 2.46. The molecule has 0 atom stereocenters. The molecule has 4 aromatic carbocycles. The second kappa shape index (κ2) is 37.6. The molecule has 0 saturated carbocycles. The fourth-order valence-corrected chi connectivity index (χ4v) is 13.1. The van der Waals surface area contributed by atoms with Gasteiger partial charge in [0.25, 0.3) is 8.32 Å². The number of likely N-dealkylation sites (N-methyl/N-ethyl adjacent to an activating group) is 1. The first-order chi connectivity index (χ1) is 36.8. The molecule has 0 spiro atoms. The van der Waals surface area contributed by atoms with E-state index in [1.54, 1.807) is 7.05 Å². The third-order valence-corrected chi connectivity index (χ3v) is 17.3. The standard InChI is InChI=1S/C58H85NO15Si/c1-58(2,3)75(50-15-7-5-8-16-50,51-17-9-6-10-18-51)74-48-47-72-46-45-71-44-43-70-42-41-69-40-39-68-38-37-67-36-35-66-34-33-65-32-31-64-30-29-63-28-27-62-26-25-61-24-23-59(4)57(60)73-49-56-54-21-13-11-19-52(54)53-20-12-14-22-55(53)56/h5-22,56H,23-49H2,1-4H3. The number of carbonyl (C=O) groups excluding carboxylic acids is 1. The Bertz CT molecular complexity index is 1980. The van der Waals surface area contributed by atoms with Crippen LogP contribution in [0.5, 0.6) is 0 Å². The molecule has 0 N–H and O–H groups in total. The van der Waals surface area contributed by atoms with Crippen LogP contribution in [0.3, 0.4) is 0 Å². The van der Waals surface area contributed by atoms with Crippen molar-refractivity contribution in [1.29, 1.82) is 0 Å². The minimum Gasteiger partial charge on any atom is -0.448 e. The van der Waals surface area contributed by atoms with E-state index < -0.39 is 8.32 Å². The molecule has 0 fully saturated rings. The van der Waals surface area contributed by atoms with Gasteiger partial charge in [0.15, 0.2) is 0 Å². The first-order valence-electron chi connectivity index (χ1n) is 26.6. The Morgan fingerprint density at radius 1 is 0.400 bits per heavy atom. The van der Waals surface area contributed by atoms with E-state index in [2.05, 4.69) is 106 Å². The molecule has 4 aromatic rings. The van der Waals surface area contributed by atoms with Crippen molar-refractivity contribution in [1.82, 2.24) is 4.90 Å². The van der Waals surface area contributed by atoms with Gasteiger partial charge in [-0.2, -0.15) is 0 Å². The van der Waals surface area contributed by atoms with E-state index >= 15 is 0 Å². The highest BCUT2D eigenvalue weighted by molar-refractivity contribution is 6.99. The lowest BCUT2D eigenvalue weighted by Crippen LogP contribution is -2.66. The second-order valence-corrected chi connectivity index (χ2v) is 22.9. The van der Waals surface area contributed by atoms with E-state index in [9.17, 15) is 4.79 Å². The topological polar surface area (TPSA) is 150 Å². The highest BCUT2D eigenvalue weighted by Gasteiger charge is 2.50. The van der Waals surface area contributed by atoms with Crippen LogP contribution in [0.25, 0.3) is 11.1 Å². The number of nitrogens with zero attached hydrogens (tertiary/aromatic N) is 1. The van der Waals surface area contributed by atoms with Gasteiger partial charge < -0.3 is 70.9 Å². The zero-order chi connectivity index (χ0) is 52.9. The Hall–Kier alpha value is -4.15. The van der Waals surface area contributed by atoms with Crippen molar-refractivity contribution in [3.8, 4) is 11.1 Å². The number of hydrogen-bond donors (Lipinski definition) is 0. The SMILES string of the molecule is CN(CCOCCOCCOCCOCCOCCOCCOCCOCCOCCOCCOCCOCCO[Si](c1ccccc1)(c1ccccc1)C(C)(C)C)C(=O)OCC1c2ccccc2-c2ccccc21. The maximum Gasteiger partial charge on any atom is 0.409 e. The highest BCUT2D eigenvalue weighted by atomic mass is 28.4. The van der Waals surface area contributed by atoms with Gasteiger partial charge in [-0.1, -0.05) is 130 Å². The predicted molar refractivity (Wildman–Crippen MR) is 291 cm³/mol. The third kappa shape index (κ3) is 22.8. The Balaban J connectivity index is 0.681. The molecule has 75 heavy (non-hydrogen) atoms. The molecule has 5 rings (SSSR count). The van der Waals surface area contributed by atoms with Crippen LogP contribution < -0.4 is 10.4 Å². The number of ether oxygens (including phenoxy) is 13. The van der Waals surface area contributed by atoms with Crippen LogP contribution in [0.2, 0.25) is 5.04 Å². The molecule has 1 amide bonds. The number of benzene rings is 4. The molecule has 0 radical (unpaired) electrons. The summed E-state index contributed by atoms with van der Waals surface area (Å²) in [5.74, 6) is 0.0329. The number of hydrogen-bond acceptors (Lipinski definition) is 15. The van der Waals surface area contributed by atoms with Gasteiger partial charge in [0.05, 0.1) is 165 Å². The van der Waals surface area contributed by atoms with Gasteiger partial charge in [0.2, 0.25) is 0 Å². The Morgan fingerprint density at radius 2 is 0.680 bits per heavy atom. The number of rotatable bonds is 44. The van der Waals surface area contributed by atoms with Gasteiger partial charge in [-0.25, -0.2) is 4.79 Å². The van der Waals surface area contributed by atoms with Crippen molar-refractivity contribution in [3.63, 3.8) is 0 Å². The summed E-state index contributed by atoms with van der Waals surface area (Å²) < 4.78 is 79.8. The molecular formula is C58H85NO15Si. The maximum atomic E-state index is 12.7. The number of carbonyl (C=O) groups is 1. The van der Waals surface area contributed by atoms with Gasteiger partial charge in [0.1, 0.15) is 6.61 Å². The molecule has 416 valence electrons. The molecule has 1 aliphatic carbocycles. The summed E-state index contributed by atoms with van der Waals surface area (Å²) >= 11 is 0. The first kappa shape index (κ1) is 61.7. The third-order valence-electron chi connectivity index (χ3n) is 12.3. The van der Waals surface area contributed by atoms with E-state index in [0.717, 1.165) is 0 Å². The molecule has 0 saturated heterocycles. The lowest BCUT2D eigenvalue weighted by atomic mass is 9.98. The van der Waals surface area contributed by atoms with Gasteiger partial charge >= 0.3 is 6.09 Å². The number of amides is 1. The Morgan fingerprint density at radius 3 is 1.00 bits per heavy atom. The van der Waals surface area contributed by atoms with Crippen LogP contribution in [0.1, 0.15) is 37.8 Å². The Labute approximate surface area is 447 Å². The molecule has 0 bridgehead atoms. The van der Waals surface area contributed by atoms with Crippen LogP contribution in [0, 0.1) is 0 Å². The molecule has 0 unspecified atom stereocenters. The largest absolute Gasteiger partial charge is 0.448 e. The zero-order valence-corrected chi connectivity index (χ0v) is 46.1. The average molecular weight is 1060 g/mol. The van der Waals surface area contributed by atoms with E-state index in [0.29, 0.717) is 178 Å². The average Bonchev–Trinajstić information content (AvgIpc) is 3.76. The maximum absolute atomic E-state index is 12.7. The number of fused-ring (bicyclic) bond motifs is 3. The molecule has 0 heterocycles. The molecule has 0 aromatic heterocycles. The van der Waals surface area contributed by atoms with Crippen LogP contribution >= 0.6 is 0 Å². The summed E-state index contributed by atoms with van der Waals surface area (Å²) in [7, 11) is -0.839. The molecule has 17 heteroatoms. The molecule has 0 aliphatic heterocycles. The lowest BCUT2D eigenvalue weighted by molar-refractivity contribution is -0.0286. The van der Waals surface area contributed by atoms with Crippen molar-refractivity contribution in [2.75, 3.05) is 185 Å². The van der Waals surface area contributed by atoms with E-state index in [4.69, 9.17) is 66.0 Å². The van der Waals surface area contributed by atoms with Crippen LogP contribution in [0.15, 0.2) is 109 Å². The van der Waals surface area contributed by atoms with Gasteiger partial charge in [0, 0.05) is 19.5 Å². The summed E-state index contributed by atoms with van der Waals surface area (Å²) in [5.41, 5.74) is 4.79. The summed E-state index contributed by atoms with van der Waals surface area (Å²) in [6.07, 6.45) is -0.367. The van der Waals surface area contributed by atoms with Crippen molar-refractivity contribution < 1.29 is 70.8 Å². The van der Waals surface area contributed by atoms with E-state index in [-0.39, 0.29) is 17.0 Å². The summed E-state index contributed by atoms with van der Waals surface area (Å²) in [4.78, 5) is 14.2. The molecular weight excluding hydrogens is 979 g/mol. The Kier molecular flexibility index (Phi) is 30.9. The van der Waals surface area contributed by atoms with Crippen LogP contribution in [0.4, 0.5) is 4.79 Å². The molecule has 16 nitrogen and oxygen atoms in total. The quantitative estimate of drug-likeness (QED) is 0.0344. The van der Waals surface area contributed by atoms with Crippen molar-refractivity contribution in [2.24, 2.45) is 0 Å². The van der Waals surface area contributed by atoms with Crippen molar-refractivity contribution >= 4 is 24.8 Å². The summed E-state index contributed by atoms with van der Waals surface area (Å²) in [6.45, 7) is 19.5. The van der Waals surface area contributed by atoms with Crippen molar-refractivity contribution in [3.05, 3.63) is 120 Å².